The zero-order valence-electron chi connectivity index (χ0n) is 17.2. The second-order valence-electron chi connectivity index (χ2n) is 6.85. The molecule has 0 fully saturated rings. The van der Waals surface area contributed by atoms with E-state index in [1.165, 1.54) is 30.3 Å². The number of halogens is 1. The third-order valence-corrected chi connectivity index (χ3v) is 6.11. The van der Waals surface area contributed by atoms with Crippen molar-refractivity contribution in [3.05, 3.63) is 95.0 Å². The summed E-state index contributed by atoms with van der Waals surface area (Å²) in [5.41, 5.74) is 0.871. The molecule has 0 spiro atoms. The monoisotopic (exact) mass is 485 g/mol. The van der Waals surface area contributed by atoms with Crippen LogP contribution in [0.25, 0.3) is 0 Å². The molecule has 33 heavy (non-hydrogen) atoms. The number of carbonyl (C=O) groups is 3. The molecule has 3 aromatic carbocycles. The molecule has 0 saturated heterocycles. The van der Waals surface area contributed by atoms with Crippen LogP contribution in [0.4, 0.5) is 5.69 Å². The maximum atomic E-state index is 12.8. The van der Waals surface area contributed by atoms with E-state index in [1.807, 2.05) is 0 Å². The summed E-state index contributed by atoms with van der Waals surface area (Å²) in [6.07, 6.45) is 0. The number of rotatable bonds is 9. The summed E-state index contributed by atoms with van der Waals surface area (Å²) in [7, 11) is -3.85. The van der Waals surface area contributed by atoms with E-state index >= 15 is 0 Å². The lowest BCUT2D eigenvalue weighted by Crippen LogP contribution is -2.40. The van der Waals surface area contributed by atoms with Gasteiger partial charge in [-0.15, -0.1) is 0 Å². The van der Waals surface area contributed by atoms with Crippen molar-refractivity contribution in [2.45, 2.75) is 4.90 Å². The Morgan fingerprint density at radius 2 is 1.42 bits per heavy atom. The molecular formula is C23H20ClN3O5S. The maximum absolute atomic E-state index is 12.8. The molecule has 0 unspecified atom stereocenters. The zero-order valence-corrected chi connectivity index (χ0v) is 18.8. The van der Waals surface area contributed by atoms with Gasteiger partial charge in [-0.25, -0.2) is 13.1 Å². The molecular weight excluding hydrogens is 466 g/mol. The van der Waals surface area contributed by atoms with E-state index in [4.69, 9.17) is 11.6 Å². The van der Waals surface area contributed by atoms with Crippen molar-refractivity contribution in [1.29, 1.82) is 0 Å². The number of ketones is 1. The largest absolute Gasteiger partial charge is 0.346 e. The van der Waals surface area contributed by atoms with Crippen LogP contribution in [0.15, 0.2) is 83.8 Å². The number of hydrogen-bond donors (Lipinski definition) is 3. The first-order valence-electron chi connectivity index (χ1n) is 9.77. The van der Waals surface area contributed by atoms with Crippen LogP contribution in [0.1, 0.15) is 15.9 Å². The molecule has 3 N–H and O–H groups in total. The second kappa shape index (κ2) is 10.9. The van der Waals surface area contributed by atoms with Crippen molar-refractivity contribution < 1.29 is 22.8 Å². The molecule has 10 heteroatoms. The van der Waals surface area contributed by atoms with Gasteiger partial charge >= 0.3 is 0 Å². The number of sulfonamides is 1. The minimum Gasteiger partial charge on any atom is -0.346 e. The molecule has 0 heterocycles. The minimum absolute atomic E-state index is 0.0205. The highest BCUT2D eigenvalue weighted by atomic mass is 35.5. The average molecular weight is 486 g/mol. The van der Waals surface area contributed by atoms with Crippen LogP contribution in [0.5, 0.6) is 0 Å². The predicted octanol–water partition coefficient (Wildman–Crippen LogP) is 2.60. The Morgan fingerprint density at radius 3 is 2.09 bits per heavy atom. The smallest absolute Gasteiger partial charge is 0.243 e. The first-order valence-corrected chi connectivity index (χ1v) is 11.6. The van der Waals surface area contributed by atoms with Crippen LogP contribution in [-0.4, -0.2) is 39.1 Å². The summed E-state index contributed by atoms with van der Waals surface area (Å²) in [6.45, 7) is -0.975. The Bertz CT molecular complexity index is 1270. The van der Waals surface area contributed by atoms with Crippen molar-refractivity contribution in [2.75, 3.05) is 18.4 Å². The topological polar surface area (TPSA) is 121 Å². The minimum atomic E-state index is -3.85. The van der Waals surface area contributed by atoms with E-state index in [9.17, 15) is 22.8 Å². The van der Waals surface area contributed by atoms with Gasteiger partial charge in [-0.1, -0.05) is 60.1 Å². The molecule has 3 rings (SSSR count). The Labute approximate surface area is 196 Å². The molecule has 0 bridgehead atoms. The highest BCUT2D eigenvalue weighted by Crippen LogP contribution is 2.23. The van der Waals surface area contributed by atoms with Gasteiger partial charge < -0.3 is 10.6 Å². The van der Waals surface area contributed by atoms with Crippen LogP contribution in [0, 0.1) is 0 Å². The van der Waals surface area contributed by atoms with Crippen molar-refractivity contribution in [3.63, 3.8) is 0 Å². The molecule has 0 aliphatic carbocycles. The standard InChI is InChI=1S/C23H20ClN3O5S/c24-17-11-12-19(23(30)16-7-3-1-4-8-16)20(13-17)27-22(29)14-25-21(28)15-26-33(31,32)18-9-5-2-6-10-18/h1-13,26H,14-15H2,(H,25,28)(H,27,29). The number of nitrogens with one attached hydrogen (secondary N) is 3. The van der Waals surface area contributed by atoms with Crippen molar-refractivity contribution in [2.24, 2.45) is 0 Å². The van der Waals surface area contributed by atoms with Crippen LogP contribution in [0.2, 0.25) is 5.02 Å². The van der Waals surface area contributed by atoms with E-state index < -0.39 is 34.9 Å². The molecule has 0 radical (unpaired) electrons. The SMILES string of the molecule is O=C(CNS(=O)(=O)c1ccccc1)NCC(=O)Nc1cc(Cl)ccc1C(=O)c1ccccc1. The van der Waals surface area contributed by atoms with Crippen LogP contribution < -0.4 is 15.4 Å². The van der Waals surface area contributed by atoms with Gasteiger partial charge in [-0.3, -0.25) is 14.4 Å². The summed E-state index contributed by atoms with van der Waals surface area (Å²) >= 11 is 6.02. The maximum Gasteiger partial charge on any atom is 0.243 e. The second-order valence-corrected chi connectivity index (χ2v) is 9.05. The first kappa shape index (κ1) is 24.1. The fourth-order valence-corrected chi connectivity index (χ4v) is 4.02. The molecule has 0 aliphatic rings. The Hall–Kier alpha value is -3.53. The number of amides is 2. The van der Waals surface area contributed by atoms with E-state index in [-0.39, 0.29) is 21.9 Å². The van der Waals surface area contributed by atoms with Gasteiger partial charge in [0.25, 0.3) is 0 Å². The average Bonchev–Trinajstić information content (AvgIpc) is 2.82. The molecule has 8 nitrogen and oxygen atoms in total. The molecule has 0 atom stereocenters. The van der Waals surface area contributed by atoms with Gasteiger partial charge in [0, 0.05) is 16.1 Å². The van der Waals surface area contributed by atoms with Crippen molar-refractivity contribution in [1.82, 2.24) is 10.0 Å². The van der Waals surface area contributed by atoms with E-state index in [2.05, 4.69) is 15.4 Å². The van der Waals surface area contributed by atoms with Crippen molar-refractivity contribution in [3.8, 4) is 0 Å². The van der Waals surface area contributed by atoms with Gasteiger partial charge in [0.1, 0.15) is 0 Å². The molecule has 0 aliphatic heterocycles. The van der Waals surface area contributed by atoms with Gasteiger partial charge in [-0.05, 0) is 30.3 Å². The number of benzene rings is 3. The molecule has 0 saturated carbocycles. The normalized spacial score (nSPS) is 10.9. The van der Waals surface area contributed by atoms with E-state index in [0.29, 0.717) is 10.6 Å². The summed E-state index contributed by atoms with van der Waals surface area (Å²) in [5.74, 6) is -1.61. The van der Waals surface area contributed by atoms with Gasteiger partial charge in [0.05, 0.1) is 23.7 Å². The quantitative estimate of drug-likeness (QED) is 0.402. The van der Waals surface area contributed by atoms with E-state index in [0.717, 1.165) is 0 Å². The lowest BCUT2D eigenvalue weighted by molar-refractivity contribution is -0.123. The van der Waals surface area contributed by atoms with Gasteiger partial charge in [0.15, 0.2) is 5.78 Å². The van der Waals surface area contributed by atoms with Gasteiger partial charge in [-0.2, -0.15) is 0 Å². The summed E-state index contributed by atoms with van der Waals surface area (Å²) in [4.78, 5) is 37.2. The lowest BCUT2D eigenvalue weighted by Gasteiger charge is -2.12. The summed E-state index contributed by atoms with van der Waals surface area (Å²) in [5, 5.41) is 5.20. The zero-order chi connectivity index (χ0) is 23.8. The highest BCUT2D eigenvalue weighted by molar-refractivity contribution is 7.89. The number of carbonyl (C=O) groups excluding carboxylic acids is 3. The third kappa shape index (κ3) is 6.72. The summed E-state index contributed by atoms with van der Waals surface area (Å²) in [6, 6.07) is 20.6. The summed E-state index contributed by atoms with van der Waals surface area (Å²) < 4.78 is 26.5. The first-order chi connectivity index (χ1) is 15.8. The van der Waals surface area contributed by atoms with Crippen molar-refractivity contribution >= 4 is 44.9 Å². The van der Waals surface area contributed by atoms with Crippen LogP contribution >= 0.6 is 11.6 Å². The third-order valence-electron chi connectivity index (χ3n) is 4.46. The van der Waals surface area contributed by atoms with E-state index in [1.54, 1.807) is 48.5 Å². The molecule has 0 aromatic heterocycles. The highest BCUT2D eigenvalue weighted by Gasteiger charge is 2.17. The number of anilines is 1. The predicted molar refractivity (Wildman–Crippen MR) is 125 cm³/mol. The van der Waals surface area contributed by atoms with Crippen LogP contribution in [-0.2, 0) is 19.6 Å². The Kier molecular flexibility index (Phi) is 7.94. The molecule has 3 aromatic rings. The lowest BCUT2D eigenvalue weighted by atomic mass is 10.0. The fourth-order valence-electron chi connectivity index (χ4n) is 2.84. The molecule has 170 valence electrons. The fraction of sp³-hybridized carbons (Fsp3) is 0.0870. The van der Waals surface area contributed by atoms with Crippen LogP contribution in [0.3, 0.4) is 0 Å². The Balaban J connectivity index is 1.58. The Morgan fingerprint density at radius 1 is 0.788 bits per heavy atom. The van der Waals surface area contributed by atoms with Gasteiger partial charge in [0.2, 0.25) is 21.8 Å². The number of hydrogen-bond acceptors (Lipinski definition) is 5. The molecule has 2 amide bonds.